The third kappa shape index (κ3) is 3.21. The van der Waals surface area contributed by atoms with Gasteiger partial charge >= 0.3 is 0 Å². The van der Waals surface area contributed by atoms with Gasteiger partial charge in [0.25, 0.3) is 0 Å². The molecule has 2 aliphatic rings. The number of tetrazole rings is 1. The monoisotopic (exact) mass is 387 g/mol. The van der Waals surface area contributed by atoms with E-state index < -0.39 is 0 Å². The van der Waals surface area contributed by atoms with Crippen molar-refractivity contribution in [1.82, 2.24) is 25.1 Å². The molecular weight excluding hydrogens is 362 g/mol. The summed E-state index contributed by atoms with van der Waals surface area (Å²) < 4.78 is 1.96. The van der Waals surface area contributed by atoms with Crippen LogP contribution in [0.15, 0.2) is 65.8 Å². The number of hydrogen-bond acceptors (Lipinski definition) is 6. The van der Waals surface area contributed by atoms with E-state index in [4.69, 9.17) is 5.10 Å². The van der Waals surface area contributed by atoms with E-state index in [0.29, 0.717) is 0 Å². The van der Waals surface area contributed by atoms with Gasteiger partial charge in [0.1, 0.15) is 0 Å². The van der Waals surface area contributed by atoms with Crippen LogP contribution in [0.4, 0.5) is 5.69 Å². The molecule has 3 aromatic rings. The summed E-state index contributed by atoms with van der Waals surface area (Å²) in [4.78, 5) is 2.52. The number of fused-ring (bicyclic) bond motifs is 1. The van der Waals surface area contributed by atoms with Crippen molar-refractivity contribution in [3.05, 3.63) is 72.1 Å². The minimum absolute atomic E-state index is 0.0777. The molecule has 0 radical (unpaired) electrons. The summed E-state index contributed by atoms with van der Waals surface area (Å²) in [6, 6.07) is 21.1. The lowest BCUT2D eigenvalue weighted by molar-refractivity contribution is 0.0690. The Kier molecular flexibility index (Phi) is 4.60. The molecule has 1 aromatic heterocycles. The van der Waals surface area contributed by atoms with E-state index in [9.17, 15) is 0 Å². The summed E-state index contributed by atoms with van der Waals surface area (Å²) >= 11 is 0. The number of rotatable bonds is 5. The summed E-state index contributed by atoms with van der Waals surface area (Å²) in [5.74, 6) is 0.940. The van der Waals surface area contributed by atoms with Crippen molar-refractivity contribution in [3.8, 4) is 0 Å². The predicted molar refractivity (Wildman–Crippen MR) is 112 cm³/mol. The second kappa shape index (κ2) is 7.40. The third-order valence-electron chi connectivity index (χ3n) is 6.15. The Labute approximate surface area is 170 Å². The minimum Gasteiger partial charge on any atom is -0.286 e. The second-order valence-corrected chi connectivity index (χ2v) is 7.84. The van der Waals surface area contributed by atoms with Gasteiger partial charge in [-0.05, 0) is 34.5 Å². The molecule has 148 valence electrons. The van der Waals surface area contributed by atoms with E-state index >= 15 is 0 Å². The van der Waals surface area contributed by atoms with Crippen molar-refractivity contribution >= 4 is 11.9 Å². The predicted octanol–water partition coefficient (Wildman–Crippen LogP) is 3.13. The lowest BCUT2D eigenvalue weighted by Gasteiger charge is -2.43. The first-order valence-corrected chi connectivity index (χ1v) is 10.2. The lowest BCUT2D eigenvalue weighted by Crippen LogP contribution is -2.49. The van der Waals surface area contributed by atoms with Crippen LogP contribution < -0.4 is 5.01 Å². The fourth-order valence-corrected chi connectivity index (χ4v) is 4.55. The highest BCUT2D eigenvalue weighted by Crippen LogP contribution is 2.45. The van der Waals surface area contributed by atoms with Gasteiger partial charge in [-0.1, -0.05) is 55.5 Å². The molecule has 0 aliphatic carbocycles. The number of hydrogen-bond donors (Lipinski definition) is 0. The van der Waals surface area contributed by atoms with Crippen molar-refractivity contribution in [2.45, 2.75) is 32.5 Å². The average Bonchev–Trinajstić information content (AvgIpc) is 3.43. The van der Waals surface area contributed by atoms with Gasteiger partial charge in [0, 0.05) is 24.7 Å². The molecule has 0 bridgehead atoms. The largest absolute Gasteiger partial charge is 0.286 e. The number of nitrogens with zero attached hydrogens (tertiary/aromatic N) is 7. The molecule has 0 saturated carbocycles. The normalized spacial score (nSPS) is 24.0. The van der Waals surface area contributed by atoms with Gasteiger partial charge in [-0.2, -0.15) is 5.10 Å². The number of para-hydroxylation sites is 1. The van der Waals surface area contributed by atoms with Gasteiger partial charge in [-0.3, -0.25) is 9.91 Å². The molecule has 2 atom stereocenters. The van der Waals surface area contributed by atoms with Gasteiger partial charge in [-0.15, -0.1) is 5.10 Å². The standard InChI is InChI=1S/C22H25N7/c1-2-22(16-23-29(17-22)19-11-7-4-8-12-19)20-21-24-25-26-28(21)14-13-27(20)15-18-9-5-3-6-10-18/h3-12,16,20H,2,13-15,17H2,1H3. The maximum atomic E-state index is 4.81. The Morgan fingerprint density at radius 3 is 2.52 bits per heavy atom. The van der Waals surface area contributed by atoms with Crippen molar-refractivity contribution < 1.29 is 0 Å². The maximum Gasteiger partial charge on any atom is 0.169 e. The van der Waals surface area contributed by atoms with E-state index in [2.05, 4.69) is 93.2 Å². The van der Waals surface area contributed by atoms with Crippen LogP contribution >= 0.6 is 0 Å². The number of benzene rings is 2. The molecule has 3 heterocycles. The quantitative estimate of drug-likeness (QED) is 0.673. The summed E-state index contributed by atoms with van der Waals surface area (Å²) in [5.41, 5.74) is 2.26. The molecule has 2 aliphatic heterocycles. The van der Waals surface area contributed by atoms with E-state index in [-0.39, 0.29) is 11.5 Å². The first-order chi connectivity index (χ1) is 14.3. The molecule has 0 fully saturated rings. The maximum absolute atomic E-state index is 4.81. The SMILES string of the molecule is CCC1(C2c3nnnn3CCN2Cc2ccccc2)C=NN(c2ccccc2)C1. The summed E-state index contributed by atoms with van der Waals surface area (Å²) in [7, 11) is 0. The first-order valence-electron chi connectivity index (χ1n) is 10.2. The van der Waals surface area contributed by atoms with E-state index in [1.807, 2.05) is 10.7 Å². The third-order valence-corrected chi connectivity index (χ3v) is 6.15. The highest BCUT2D eigenvalue weighted by atomic mass is 15.6. The summed E-state index contributed by atoms with van der Waals surface area (Å²) in [6.45, 7) is 5.66. The Balaban J connectivity index is 1.50. The highest BCUT2D eigenvalue weighted by Gasteiger charge is 2.49. The van der Waals surface area contributed by atoms with Gasteiger partial charge in [0.2, 0.25) is 0 Å². The smallest absolute Gasteiger partial charge is 0.169 e. The molecule has 0 N–H and O–H groups in total. The first kappa shape index (κ1) is 18.0. The molecule has 7 heteroatoms. The molecule has 2 unspecified atom stereocenters. The number of hydrazone groups is 1. The van der Waals surface area contributed by atoms with E-state index in [1.165, 1.54) is 5.56 Å². The summed E-state index contributed by atoms with van der Waals surface area (Å²) in [5, 5.41) is 19.6. The van der Waals surface area contributed by atoms with E-state index in [0.717, 1.165) is 44.1 Å². The fraction of sp³-hybridized carbons (Fsp3) is 0.364. The van der Waals surface area contributed by atoms with Crippen LogP contribution in [0.25, 0.3) is 0 Å². The Morgan fingerprint density at radius 1 is 1.00 bits per heavy atom. The fourth-order valence-electron chi connectivity index (χ4n) is 4.55. The topological polar surface area (TPSA) is 62.4 Å². The van der Waals surface area contributed by atoms with Crippen LogP contribution in [0.3, 0.4) is 0 Å². The molecule has 7 nitrogen and oxygen atoms in total. The van der Waals surface area contributed by atoms with Gasteiger partial charge in [0.15, 0.2) is 5.82 Å². The van der Waals surface area contributed by atoms with Gasteiger partial charge in [-0.25, -0.2) is 4.68 Å². The van der Waals surface area contributed by atoms with Crippen LogP contribution in [-0.4, -0.2) is 44.4 Å². The number of anilines is 1. The van der Waals surface area contributed by atoms with Gasteiger partial charge < -0.3 is 0 Å². The zero-order valence-electron chi connectivity index (χ0n) is 16.6. The number of aromatic nitrogens is 4. The molecule has 0 spiro atoms. The van der Waals surface area contributed by atoms with Crippen molar-refractivity contribution in [3.63, 3.8) is 0 Å². The van der Waals surface area contributed by atoms with Crippen LogP contribution in [0.5, 0.6) is 0 Å². The second-order valence-electron chi connectivity index (χ2n) is 7.84. The van der Waals surface area contributed by atoms with Crippen LogP contribution in [0, 0.1) is 5.41 Å². The van der Waals surface area contributed by atoms with Gasteiger partial charge in [0.05, 0.1) is 24.8 Å². The molecule has 29 heavy (non-hydrogen) atoms. The van der Waals surface area contributed by atoms with E-state index in [1.54, 1.807) is 0 Å². The Hall–Kier alpha value is -3.06. The minimum atomic E-state index is -0.155. The average molecular weight is 387 g/mol. The molecular formula is C22H25N7. The zero-order chi connectivity index (χ0) is 19.7. The van der Waals surface area contributed by atoms with Crippen LogP contribution in [-0.2, 0) is 13.1 Å². The molecule has 5 rings (SSSR count). The molecule has 2 aromatic carbocycles. The summed E-state index contributed by atoms with van der Waals surface area (Å²) in [6.07, 6.45) is 3.09. The van der Waals surface area contributed by atoms with Crippen LogP contribution in [0.1, 0.15) is 30.8 Å². The van der Waals surface area contributed by atoms with Crippen molar-refractivity contribution in [2.75, 3.05) is 18.1 Å². The Morgan fingerprint density at radius 2 is 1.76 bits per heavy atom. The van der Waals surface area contributed by atoms with Crippen molar-refractivity contribution in [1.29, 1.82) is 0 Å². The molecule has 0 saturated heterocycles. The zero-order valence-corrected chi connectivity index (χ0v) is 16.6. The van der Waals surface area contributed by atoms with Crippen LogP contribution in [0.2, 0.25) is 0 Å². The van der Waals surface area contributed by atoms with Crippen molar-refractivity contribution in [2.24, 2.45) is 10.5 Å². The molecule has 0 amide bonds. The highest BCUT2D eigenvalue weighted by molar-refractivity contribution is 5.74. The lowest BCUT2D eigenvalue weighted by atomic mass is 9.77. The Bertz CT molecular complexity index is 985.